The van der Waals surface area contributed by atoms with E-state index in [0.29, 0.717) is 6.61 Å². The summed E-state index contributed by atoms with van der Waals surface area (Å²) in [5, 5.41) is 16.8. The summed E-state index contributed by atoms with van der Waals surface area (Å²) >= 11 is 0. The first-order valence-corrected chi connectivity index (χ1v) is 3.54. The molecule has 0 heterocycles. The summed E-state index contributed by atoms with van der Waals surface area (Å²) < 4.78 is 4.73. The molecule has 0 aromatic rings. The highest BCUT2D eigenvalue weighted by Crippen LogP contribution is 1.95. The minimum atomic E-state index is -1.48. The van der Waals surface area contributed by atoms with E-state index in [1.165, 1.54) is 12.3 Å². The van der Waals surface area contributed by atoms with Crippen molar-refractivity contribution in [1.29, 1.82) is 0 Å². The highest BCUT2D eigenvalue weighted by Gasteiger charge is 2.13. The van der Waals surface area contributed by atoms with Crippen LogP contribution in [0.25, 0.3) is 0 Å². The van der Waals surface area contributed by atoms with Crippen LogP contribution in [-0.4, -0.2) is 28.8 Å². The maximum Gasteiger partial charge on any atom is 0.343 e. The van der Waals surface area contributed by atoms with E-state index in [1.807, 2.05) is 0 Å². The Morgan fingerprint density at radius 3 is 2.23 bits per heavy atom. The standard InChI is InChI=1S/C8H10O5/c1-2-13-5-3-4-6(7(9)10)8(11)12/h3-5H,2H2,1H3,(H,9,10)(H,11,12)/b5-3+. The Morgan fingerprint density at radius 1 is 1.31 bits per heavy atom. The molecule has 0 amide bonds. The average Bonchev–Trinajstić information content (AvgIpc) is 2.02. The highest BCUT2D eigenvalue weighted by atomic mass is 16.5. The monoisotopic (exact) mass is 186 g/mol. The number of allylic oxidation sites excluding steroid dienone is 2. The molecule has 72 valence electrons. The Hall–Kier alpha value is -1.78. The molecule has 0 bridgehead atoms. The number of hydrogen-bond acceptors (Lipinski definition) is 3. The van der Waals surface area contributed by atoms with Crippen molar-refractivity contribution in [2.24, 2.45) is 0 Å². The molecule has 0 spiro atoms. The van der Waals surface area contributed by atoms with Gasteiger partial charge in [-0.15, -0.1) is 0 Å². The van der Waals surface area contributed by atoms with Gasteiger partial charge in [-0.25, -0.2) is 9.59 Å². The lowest BCUT2D eigenvalue weighted by molar-refractivity contribution is -0.140. The molecular weight excluding hydrogens is 176 g/mol. The van der Waals surface area contributed by atoms with E-state index in [2.05, 4.69) is 0 Å². The molecule has 5 nitrogen and oxygen atoms in total. The molecule has 0 fully saturated rings. The molecule has 0 aromatic heterocycles. The summed E-state index contributed by atoms with van der Waals surface area (Å²) in [6.45, 7) is 2.20. The Balaban J connectivity index is 4.38. The zero-order valence-electron chi connectivity index (χ0n) is 7.06. The largest absolute Gasteiger partial charge is 0.501 e. The third kappa shape index (κ3) is 4.62. The van der Waals surface area contributed by atoms with Gasteiger partial charge in [-0.1, -0.05) is 0 Å². The number of aliphatic carboxylic acids is 2. The minimum Gasteiger partial charge on any atom is -0.501 e. The molecule has 5 heteroatoms. The molecule has 0 rings (SSSR count). The van der Waals surface area contributed by atoms with Gasteiger partial charge in [0.25, 0.3) is 0 Å². The number of rotatable bonds is 5. The molecular formula is C8H10O5. The van der Waals surface area contributed by atoms with Crippen LogP contribution in [0.5, 0.6) is 0 Å². The van der Waals surface area contributed by atoms with Crippen molar-refractivity contribution < 1.29 is 24.5 Å². The average molecular weight is 186 g/mol. The summed E-state index contributed by atoms with van der Waals surface area (Å²) in [6.07, 6.45) is 3.41. The lowest BCUT2D eigenvalue weighted by atomic mass is 10.2. The predicted octanol–water partition coefficient (Wildman–Crippen LogP) is 0.632. The van der Waals surface area contributed by atoms with Crippen LogP contribution in [-0.2, 0) is 14.3 Å². The van der Waals surface area contributed by atoms with Crippen molar-refractivity contribution in [1.82, 2.24) is 0 Å². The number of carboxylic acids is 2. The zero-order chi connectivity index (χ0) is 10.3. The number of carboxylic acid groups (broad SMARTS) is 2. The SMILES string of the molecule is CCO/C=C/C=C(C(=O)O)C(=O)O. The number of ether oxygens (including phenoxy) is 1. The van der Waals surface area contributed by atoms with Crippen molar-refractivity contribution in [2.45, 2.75) is 6.92 Å². The van der Waals surface area contributed by atoms with E-state index < -0.39 is 17.5 Å². The van der Waals surface area contributed by atoms with Crippen LogP contribution in [0.1, 0.15) is 6.92 Å². The van der Waals surface area contributed by atoms with Crippen molar-refractivity contribution in [2.75, 3.05) is 6.61 Å². The van der Waals surface area contributed by atoms with Crippen molar-refractivity contribution in [3.8, 4) is 0 Å². The fraction of sp³-hybridized carbons (Fsp3) is 0.250. The van der Waals surface area contributed by atoms with Gasteiger partial charge in [-0.05, 0) is 19.1 Å². The Kier molecular flexibility index (Phi) is 5.02. The van der Waals surface area contributed by atoms with Crippen LogP contribution in [0.2, 0.25) is 0 Å². The Bertz CT molecular complexity index is 235. The first-order valence-electron chi connectivity index (χ1n) is 3.54. The normalized spacial score (nSPS) is 9.62. The second-order valence-electron chi connectivity index (χ2n) is 1.97. The van der Waals surface area contributed by atoms with Crippen molar-refractivity contribution >= 4 is 11.9 Å². The molecule has 0 unspecified atom stereocenters. The molecule has 0 saturated carbocycles. The van der Waals surface area contributed by atoms with Crippen molar-refractivity contribution in [3.05, 3.63) is 24.0 Å². The van der Waals surface area contributed by atoms with Crippen LogP contribution in [0.3, 0.4) is 0 Å². The van der Waals surface area contributed by atoms with E-state index in [9.17, 15) is 9.59 Å². The van der Waals surface area contributed by atoms with Gasteiger partial charge in [-0.3, -0.25) is 0 Å². The van der Waals surface area contributed by atoms with Crippen molar-refractivity contribution in [3.63, 3.8) is 0 Å². The Morgan fingerprint density at radius 2 is 1.85 bits per heavy atom. The first-order chi connectivity index (χ1) is 6.09. The molecule has 0 radical (unpaired) electrons. The molecule has 0 aliphatic heterocycles. The van der Waals surface area contributed by atoms with Gasteiger partial charge < -0.3 is 14.9 Å². The fourth-order valence-electron chi connectivity index (χ4n) is 0.521. The van der Waals surface area contributed by atoms with Crippen LogP contribution >= 0.6 is 0 Å². The molecule has 0 saturated heterocycles. The Labute approximate surface area is 74.9 Å². The zero-order valence-corrected chi connectivity index (χ0v) is 7.06. The molecule has 0 atom stereocenters. The maximum absolute atomic E-state index is 10.3. The highest BCUT2D eigenvalue weighted by molar-refractivity contribution is 6.12. The van der Waals surface area contributed by atoms with E-state index in [4.69, 9.17) is 14.9 Å². The van der Waals surface area contributed by atoms with Gasteiger partial charge in [0.15, 0.2) is 0 Å². The summed E-state index contributed by atoms with van der Waals surface area (Å²) in [7, 11) is 0. The van der Waals surface area contributed by atoms with E-state index >= 15 is 0 Å². The van der Waals surface area contributed by atoms with E-state index in [1.54, 1.807) is 6.92 Å². The van der Waals surface area contributed by atoms with Crippen LogP contribution in [0.15, 0.2) is 24.0 Å². The molecule has 13 heavy (non-hydrogen) atoms. The van der Waals surface area contributed by atoms with Gasteiger partial charge in [0.05, 0.1) is 12.9 Å². The quantitative estimate of drug-likeness (QED) is 0.216. The van der Waals surface area contributed by atoms with E-state index in [-0.39, 0.29) is 0 Å². The summed E-state index contributed by atoms with van der Waals surface area (Å²) in [5.41, 5.74) is -0.698. The molecule has 0 aliphatic carbocycles. The third-order valence-corrected chi connectivity index (χ3v) is 1.07. The van der Waals surface area contributed by atoms with Crippen LogP contribution in [0, 0.1) is 0 Å². The fourth-order valence-corrected chi connectivity index (χ4v) is 0.521. The minimum absolute atomic E-state index is 0.444. The van der Waals surface area contributed by atoms with Gasteiger partial charge in [0, 0.05) is 0 Å². The number of carbonyl (C=O) groups is 2. The van der Waals surface area contributed by atoms with Crippen LogP contribution in [0.4, 0.5) is 0 Å². The smallest absolute Gasteiger partial charge is 0.343 e. The molecule has 2 N–H and O–H groups in total. The third-order valence-electron chi connectivity index (χ3n) is 1.07. The number of hydrogen-bond donors (Lipinski definition) is 2. The maximum atomic E-state index is 10.3. The molecule has 0 aliphatic rings. The molecule has 0 aromatic carbocycles. The van der Waals surface area contributed by atoms with Gasteiger partial charge in [-0.2, -0.15) is 0 Å². The predicted molar refractivity (Wildman–Crippen MR) is 44.1 cm³/mol. The summed E-state index contributed by atoms with van der Waals surface area (Å²) in [5.74, 6) is -2.96. The topological polar surface area (TPSA) is 83.8 Å². The summed E-state index contributed by atoms with van der Waals surface area (Å²) in [6, 6.07) is 0. The lowest BCUT2D eigenvalue weighted by Gasteiger charge is -1.92. The summed E-state index contributed by atoms with van der Waals surface area (Å²) in [4.78, 5) is 20.6. The van der Waals surface area contributed by atoms with Crippen LogP contribution < -0.4 is 0 Å². The second kappa shape index (κ2) is 5.82. The van der Waals surface area contributed by atoms with Gasteiger partial charge >= 0.3 is 11.9 Å². The van der Waals surface area contributed by atoms with Gasteiger partial charge in [0.2, 0.25) is 0 Å². The van der Waals surface area contributed by atoms with Gasteiger partial charge in [0.1, 0.15) is 5.57 Å². The first kappa shape index (κ1) is 11.2. The van der Waals surface area contributed by atoms with E-state index in [0.717, 1.165) is 6.08 Å². The lowest BCUT2D eigenvalue weighted by Crippen LogP contribution is -2.10. The second-order valence-corrected chi connectivity index (χ2v) is 1.97.